The van der Waals surface area contributed by atoms with Crippen LogP contribution in [0.15, 0.2) is 48.5 Å². The molecule has 1 aliphatic rings. The predicted molar refractivity (Wildman–Crippen MR) is 102 cm³/mol. The maximum atomic E-state index is 12.8. The minimum absolute atomic E-state index is 0.00959. The molecule has 0 saturated heterocycles. The first-order valence-corrected chi connectivity index (χ1v) is 8.92. The first-order chi connectivity index (χ1) is 12.7. The van der Waals surface area contributed by atoms with Gasteiger partial charge in [0.1, 0.15) is 0 Å². The first kappa shape index (κ1) is 18.4. The smallest absolute Gasteiger partial charge is 0.254 e. The molecular formula is C21H26N2O3. The lowest BCUT2D eigenvalue weighted by atomic mass is 10.1. The maximum absolute atomic E-state index is 12.8. The van der Waals surface area contributed by atoms with Gasteiger partial charge in [-0.3, -0.25) is 4.79 Å². The third-order valence-corrected chi connectivity index (χ3v) is 4.74. The number of nitrogens with zero attached hydrogens (tertiary/aromatic N) is 2. The van der Waals surface area contributed by atoms with Crippen molar-refractivity contribution < 1.29 is 14.3 Å². The third-order valence-electron chi connectivity index (χ3n) is 4.74. The van der Waals surface area contributed by atoms with Crippen LogP contribution in [-0.4, -0.2) is 51.3 Å². The summed E-state index contributed by atoms with van der Waals surface area (Å²) in [5.74, 6) is 0.00959. The van der Waals surface area contributed by atoms with Crippen LogP contribution in [0.5, 0.6) is 0 Å². The van der Waals surface area contributed by atoms with Gasteiger partial charge in [-0.05, 0) is 35.4 Å². The molecule has 0 saturated carbocycles. The molecule has 0 fully saturated rings. The van der Waals surface area contributed by atoms with E-state index in [1.54, 1.807) is 19.1 Å². The van der Waals surface area contributed by atoms with Crippen LogP contribution in [0.25, 0.3) is 0 Å². The number of fused-ring (bicyclic) bond motifs is 1. The van der Waals surface area contributed by atoms with Gasteiger partial charge in [0, 0.05) is 51.6 Å². The van der Waals surface area contributed by atoms with E-state index in [2.05, 4.69) is 29.2 Å². The minimum atomic E-state index is 0.00959. The average Bonchev–Trinajstić information content (AvgIpc) is 3.12. The number of ether oxygens (including phenoxy) is 2. The van der Waals surface area contributed by atoms with Gasteiger partial charge in [0.25, 0.3) is 5.91 Å². The molecule has 1 amide bonds. The van der Waals surface area contributed by atoms with Gasteiger partial charge in [-0.2, -0.15) is 0 Å². The summed E-state index contributed by atoms with van der Waals surface area (Å²) in [6, 6.07) is 16.4. The number of carbonyl (C=O) groups excluding carboxylic acids is 1. The Kier molecular flexibility index (Phi) is 6.26. The van der Waals surface area contributed by atoms with Crippen LogP contribution < -0.4 is 4.90 Å². The summed E-state index contributed by atoms with van der Waals surface area (Å²) < 4.78 is 10.2. The fourth-order valence-corrected chi connectivity index (χ4v) is 3.23. The molecule has 5 heteroatoms. The molecule has 1 aliphatic heterocycles. The Bertz CT molecular complexity index is 697. The van der Waals surface area contributed by atoms with Gasteiger partial charge in [-0.15, -0.1) is 0 Å². The average molecular weight is 354 g/mol. The zero-order valence-corrected chi connectivity index (χ0v) is 15.5. The second kappa shape index (κ2) is 8.83. The Hall–Kier alpha value is -2.37. The highest BCUT2D eigenvalue weighted by molar-refractivity contribution is 5.94. The van der Waals surface area contributed by atoms with Gasteiger partial charge < -0.3 is 19.3 Å². The predicted octanol–water partition coefficient (Wildman–Crippen LogP) is 2.94. The largest absolute Gasteiger partial charge is 0.383 e. The number of hydrogen-bond donors (Lipinski definition) is 0. The van der Waals surface area contributed by atoms with Crippen molar-refractivity contribution in [3.8, 4) is 0 Å². The van der Waals surface area contributed by atoms with Crippen LogP contribution >= 0.6 is 0 Å². The summed E-state index contributed by atoms with van der Waals surface area (Å²) in [7, 11) is 3.28. The van der Waals surface area contributed by atoms with Crippen molar-refractivity contribution in [2.45, 2.75) is 13.1 Å². The molecule has 5 nitrogen and oxygen atoms in total. The van der Waals surface area contributed by atoms with Crippen LogP contribution in [0, 0.1) is 0 Å². The van der Waals surface area contributed by atoms with Crippen molar-refractivity contribution in [3.63, 3.8) is 0 Å². The van der Waals surface area contributed by atoms with Crippen molar-refractivity contribution >= 4 is 11.6 Å². The zero-order chi connectivity index (χ0) is 18.4. The molecule has 0 atom stereocenters. The molecule has 0 radical (unpaired) electrons. The Morgan fingerprint density at radius 2 is 1.46 bits per heavy atom. The molecule has 2 aromatic rings. The molecule has 1 heterocycles. The number of hydrogen-bond acceptors (Lipinski definition) is 4. The van der Waals surface area contributed by atoms with Crippen LogP contribution in [-0.2, 0) is 22.6 Å². The van der Waals surface area contributed by atoms with Gasteiger partial charge in [0.15, 0.2) is 0 Å². The second-order valence-electron chi connectivity index (χ2n) is 6.45. The number of methoxy groups -OCH3 is 2. The van der Waals surface area contributed by atoms with E-state index in [0.29, 0.717) is 31.9 Å². The minimum Gasteiger partial charge on any atom is -0.383 e. The van der Waals surface area contributed by atoms with Crippen molar-refractivity contribution in [1.29, 1.82) is 0 Å². The van der Waals surface area contributed by atoms with Gasteiger partial charge >= 0.3 is 0 Å². The Balaban J connectivity index is 1.67. The van der Waals surface area contributed by atoms with Gasteiger partial charge in [-0.1, -0.05) is 24.3 Å². The lowest BCUT2D eigenvalue weighted by Crippen LogP contribution is -2.36. The third kappa shape index (κ3) is 4.23. The fraction of sp³-hybridized carbons (Fsp3) is 0.381. The lowest BCUT2D eigenvalue weighted by Gasteiger charge is -2.23. The number of carbonyl (C=O) groups is 1. The van der Waals surface area contributed by atoms with Crippen LogP contribution in [0.2, 0.25) is 0 Å². The van der Waals surface area contributed by atoms with E-state index < -0.39 is 0 Å². The number of anilines is 1. The van der Waals surface area contributed by atoms with Gasteiger partial charge in [0.05, 0.1) is 13.2 Å². The Morgan fingerprint density at radius 3 is 1.96 bits per heavy atom. The molecule has 0 aromatic heterocycles. The monoisotopic (exact) mass is 354 g/mol. The van der Waals surface area contributed by atoms with Crippen molar-refractivity contribution in [2.24, 2.45) is 0 Å². The molecular weight excluding hydrogens is 328 g/mol. The highest BCUT2D eigenvalue weighted by atomic mass is 16.5. The number of rotatable bonds is 8. The molecule has 2 aromatic carbocycles. The summed E-state index contributed by atoms with van der Waals surface area (Å²) in [6.07, 6.45) is 0. The van der Waals surface area contributed by atoms with Crippen LogP contribution in [0.3, 0.4) is 0 Å². The highest BCUT2D eigenvalue weighted by Crippen LogP contribution is 2.28. The molecule has 0 spiro atoms. The second-order valence-corrected chi connectivity index (χ2v) is 6.45. The molecule has 0 unspecified atom stereocenters. The molecule has 0 aliphatic carbocycles. The molecule has 3 rings (SSSR count). The summed E-state index contributed by atoms with van der Waals surface area (Å²) in [4.78, 5) is 16.9. The van der Waals surface area contributed by atoms with Crippen molar-refractivity contribution in [3.05, 3.63) is 65.2 Å². The van der Waals surface area contributed by atoms with Crippen LogP contribution in [0.1, 0.15) is 21.5 Å². The van der Waals surface area contributed by atoms with Gasteiger partial charge in [0.2, 0.25) is 0 Å². The SMILES string of the molecule is COCCN(CCOC)C(=O)c1ccc(N2Cc3ccccc3C2)cc1. The molecule has 0 N–H and O–H groups in total. The van der Waals surface area contributed by atoms with Crippen molar-refractivity contribution in [2.75, 3.05) is 45.4 Å². The van der Waals surface area contributed by atoms with E-state index >= 15 is 0 Å². The van der Waals surface area contributed by atoms with Crippen LogP contribution in [0.4, 0.5) is 5.69 Å². The van der Waals surface area contributed by atoms with E-state index in [-0.39, 0.29) is 5.91 Å². The van der Waals surface area contributed by atoms with E-state index in [4.69, 9.17) is 9.47 Å². The maximum Gasteiger partial charge on any atom is 0.254 e. The zero-order valence-electron chi connectivity index (χ0n) is 15.5. The number of benzene rings is 2. The lowest BCUT2D eigenvalue weighted by molar-refractivity contribution is 0.0627. The van der Waals surface area contributed by atoms with E-state index in [1.807, 2.05) is 24.3 Å². The number of amides is 1. The summed E-state index contributed by atoms with van der Waals surface area (Å²) in [5.41, 5.74) is 4.58. The summed E-state index contributed by atoms with van der Waals surface area (Å²) in [5, 5.41) is 0. The Morgan fingerprint density at radius 1 is 0.923 bits per heavy atom. The van der Waals surface area contributed by atoms with Crippen molar-refractivity contribution in [1.82, 2.24) is 4.90 Å². The molecule has 138 valence electrons. The summed E-state index contributed by atoms with van der Waals surface area (Å²) in [6.45, 7) is 3.97. The normalized spacial score (nSPS) is 12.9. The van der Waals surface area contributed by atoms with Gasteiger partial charge in [-0.25, -0.2) is 0 Å². The van der Waals surface area contributed by atoms with E-state index in [1.165, 1.54) is 11.1 Å². The summed E-state index contributed by atoms with van der Waals surface area (Å²) >= 11 is 0. The fourth-order valence-electron chi connectivity index (χ4n) is 3.23. The topological polar surface area (TPSA) is 42.0 Å². The standard InChI is InChI=1S/C21H26N2O3/c1-25-13-11-22(12-14-26-2)21(24)17-7-9-20(10-8-17)23-15-18-5-3-4-6-19(18)16-23/h3-10H,11-16H2,1-2H3. The van der Waals surface area contributed by atoms with E-state index in [9.17, 15) is 4.79 Å². The highest BCUT2D eigenvalue weighted by Gasteiger charge is 2.20. The quantitative estimate of drug-likeness (QED) is 0.731. The Labute approximate surface area is 155 Å². The van der Waals surface area contributed by atoms with E-state index in [0.717, 1.165) is 18.8 Å². The molecule has 26 heavy (non-hydrogen) atoms. The molecule has 0 bridgehead atoms. The first-order valence-electron chi connectivity index (χ1n) is 8.92.